The zero-order chi connectivity index (χ0) is 18.4. The van der Waals surface area contributed by atoms with Crippen molar-refractivity contribution < 1.29 is 4.79 Å². The minimum atomic E-state index is 0.0330. The van der Waals surface area contributed by atoms with Crippen molar-refractivity contribution in [1.82, 2.24) is 19.6 Å². The molecule has 0 saturated carbocycles. The molecule has 140 valence electrons. The Labute approximate surface area is 155 Å². The zero-order valence-corrected chi connectivity index (χ0v) is 15.8. The van der Waals surface area contributed by atoms with Gasteiger partial charge in [-0.25, -0.2) is 0 Å². The van der Waals surface area contributed by atoms with Gasteiger partial charge >= 0.3 is 0 Å². The number of aryl methyl sites for hydroxylation is 1. The number of aromatic nitrogens is 2. The number of hydrogen-bond acceptors (Lipinski definition) is 4. The molecule has 2 aromatic rings. The Morgan fingerprint density at radius 1 is 1.35 bits per heavy atom. The largest absolute Gasteiger partial charge is 0.322 e. The van der Waals surface area contributed by atoms with E-state index in [0.717, 1.165) is 38.2 Å². The molecule has 1 aliphatic rings. The molecule has 0 unspecified atom stereocenters. The first-order chi connectivity index (χ1) is 12.6. The standard InChI is InChI=1S/C20H29N5O/c1-23(12-10-17-7-4-3-5-8-17)19-9-6-11-25(15-19)16-20(26)22-18-13-21-24(2)14-18/h3-5,7-8,13-14,19H,6,9-12,15-16H2,1-2H3,(H,22,26)/t19-/m0/s1. The van der Waals surface area contributed by atoms with Gasteiger partial charge in [-0.2, -0.15) is 5.10 Å². The third-order valence-corrected chi connectivity index (χ3v) is 5.06. The summed E-state index contributed by atoms with van der Waals surface area (Å²) in [6.07, 6.45) is 6.89. The summed E-state index contributed by atoms with van der Waals surface area (Å²) in [5.41, 5.74) is 2.13. The topological polar surface area (TPSA) is 53.4 Å². The normalized spacial score (nSPS) is 18.2. The van der Waals surface area contributed by atoms with Crippen LogP contribution in [0.15, 0.2) is 42.7 Å². The fourth-order valence-electron chi connectivity index (χ4n) is 3.56. The number of piperidine rings is 1. The van der Waals surface area contributed by atoms with Crippen molar-refractivity contribution in [1.29, 1.82) is 0 Å². The number of anilines is 1. The van der Waals surface area contributed by atoms with Crippen molar-refractivity contribution in [2.45, 2.75) is 25.3 Å². The molecule has 6 heteroatoms. The molecule has 1 fully saturated rings. The summed E-state index contributed by atoms with van der Waals surface area (Å²) >= 11 is 0. The molecule has 0 bridgehead atoms. The number of likely N-dealkylation sites (N-methyl/N-ethyl adjacent to an activating group) is 1. The Kier molecular flexibility index (Phi) is 6.41. The van der Waals surface area contributed by atoms with Gasteiger partial charge in [0, 0.05) is 32.4 Å². The fraction of sp³-hybridized carbons (Fsp3) is 0.500. The number of carbonyl (C=O) groups excluding carboxylic acids is 1. The van der Waals surface area contributed by atoms with Gasteiger partial charge in [-0.3, -0.25) is 14.4 Å². The van der Waals surface area contributed by atoms with Crippen LogP contribution in [0.3, 0.4) is 0 Å². The summed E-state index contributed by atoms with van der Waals surface area (Å²) in [4.78, 5) is 17.0. The minimum absolute atomic E-state index is 0.0330. The number of nitrogens with zero attached hydrogens (tertiary/aromatic N) is 4. The summed E-state index contributed by atoms with van der Waals surface area (Å²) in [6.45, 7) is 3.43. The van der Waals surface area contributed by atoms with Gasteiger partial charge in [0.1, 0.15) is 0 Å². The Hall–Kier alpha value is -2.18. The average Bonchev–Trinajstić information content (AvgIpc) is 3.05. The number of likely N-dealkylation sites (tertiary alicyclic amines) is 1. The summed E-state index contributed by atoms with van der Waals surface area (Å²) in [5.74, 6) is 0.0330. The summed E-state index contributed by atoms with van der Waals surface area (Å²) in [5, 5.41) is 7.00. The molecule has 1 saturated heterocycles. The molecule has 1 atom stereocenters. The SMILES string of the molecule is CN(CCc1ccccc1)[C@H]1CCCN(CC(=O)Nc2cnn(C)c2)C1. The molecule has 0 aliphatic carbocycles. The molecule has 26 heavy (non-hydrogen) atoms. The predicted molar refractivity (Wildman–Crippen MR) is 104 cm³/mol. The smallest absolute Gasteiger partial charge is 0.238 e. The number of amides is 1. The van der Waals surface area contributed by atoms with Crippen LogP contribution in [-0.2, 0) is 18.3 Å². The quantitative estimate of drug-likeness (QED) is 0.825. The van der Waals surface area contributed by atoms with Gasteiger partial charge in [0.25, 0.3) is 0 Å². The molecule has 3 rings (SSSR count). The molecule has 0 spiro atoms. The van der Waals surface area contributed by atoms with Crippen LogP contribution in [0.2, 0.25) is 0 Å². The van der Waals surface area contributed by atoms with Gasteiger partial charge in [0.05, 0.1) is 18.4 Å². The molecule has 0 radical (unpaired) electrons. The van der Waals surface area contributed by atoms with E-state index in [4.69, 9.17) is 0 Å². The lowest BCUT2D eigenvalue weighted by atomic mass is 10.0. The second-order valence-electron chi connectivity index (χ2n) is 7.20. The second kappa shape index (κ2) is 8.96. The maximum atomic E-state index is 12.3. The number of hydrogen-bond donors (Lipinski definition) is 1. The van der Waals surface area contributed by atoms with Crippen LogP contribution in [0.5, 0.6) is 0 Å². The van der Waals surface area contributed by atoms with E-state index in [0.29, 0.717) is 12.6 Å². The van der Waals surface area contributed by atoms with E-state index < -0.39 is 0 Å². The number of rotatable bonds is 7. The van der Waals surface area contributed by atoms with E-state index in [9.17, 15) is 4.79 Å². The molecule has 6 nitrogen and oxygen atoms in total. The Morgan fingerprint density at radius 3 is 2.88 bits per heavy atom. The monoisotopic (exact) mass is 355 g/mol. The van der Waals surface area contributed by atoms with E-state index in [2.05, 4.69) is 57.6 Å². The van der Waals surface area contributed by atoms with Crippen LogP contribution in [-0.4, -0.2) is 64.8 Å². The summed E-state index contributed by atoms with van der Waals surface area (Å²) in [7, 11) is 4.04. The number of benzene rings is 1. The van der Waals surface area contributed by atoms with E-state index >= 15 is 0 Å². The van der Waals surface area contributed by atoms with Crippen molar-refractivity contribution in [2.75, 3.05) is 38.5 Å². The van der Waals surface area contributed by atoms with Crippen molar-refractivity contribution in [3.8, 4) is 0 Å². The van der Waals surface area contributed by atoms with E-state index in [-0.39, 0.29) is 5.91 Å². The van der Waals surface area contributed by atoms with Crippen molar-refractivity contribution in [3.05, 3.63) is 48.3 Å². The molecule has 1 aliphatic heterocycles. The third-order valence-electron chi connectivity index (χ3n) is 5.06. The summed E-state index contributed by atoms with van der Waals surface area (Å²) in [6, 6.07) is 11.1. The highest BCUT2D eigenvalue weighted by atomic mass is 16.2. The van der Waals surface area contributed by atoms with Crippen molar-refractivity contribution >= 4 is 11.6 Å². The van der Waals surface area contributed by atoms with Gasteiger partial charge < -0.3 is 10.2 Å². The van der Waals surface area contributed by atoms with Crippen LogP contribution >= 0.6 is 0 Å². The molecule has 1 N–H and O–H groups in total. The maximum Gasteiger partial charge on any atom is 0.238 e. The zero-order valence-electron chi connectivity index (χ0n) is 15.8. The van der Waals surface area contributed by atoms with E-state index in [1.807, 2.05) is 13.2 Å². The van der Waals surface area contributed by atoms with Crippen LogP contribution in [0.1, 0.15) is 18.4 Å². The molecular weight excluding hydrogens is 326 g/mol. The highest BCUT2D eigenvalue weighted by molar-refractivity contribution is 5.91. The molecule has 1 amide bonds. The number of nitrogens with one attached hydrogen (secondary N) is 1. The highest BCUT2D eigenvalue weighted by Crippen LogP contribution is 2.15. The van der Waals surface area contributed by atoms with E-state index in [1.54, 1.807) is 10.9 Å². The van der Waals surface area contributed by atoms with Gasteiger partial charge in [-0.15, -0.1) is 0 Å². The first-order valence-corrected chi connectivity index (χ1v) is 9.35. The lowest BCUT2D eigenvalue weighted by Gasteiger charge is -2.37. The maximum absolute atomic E-state index is 12.3. The first-order valence-electron chi connectivity index (χ1n) is 9.35. The number of carbonyl (C=O) groups is 1. The van der Waals surface area contributed by atoms with Crippen LogP contribution in [0.25, 0.3) is 0 Å². The Bertz CT molecular complexity index is 699. The molecular formula is C20H29N5O. The highest BCUT2D eigenvalue weighted by Gasteiger charge is 2.24. The predicted octanol–water partition coefficient (Wildman–Crippen LogP) is 2.00. The first kappa shape index (κ1) is 18.6. The van der Waals surface area contributed by atoms with Gasteiger partial charge in [-0.1, -0.05) is 30.3 Å². The van der Waals surface area contributed by atoms with Crippen LogP contribution in [0.4, 0.5) is 5.69 Å². The molecule has 1 aromatic carbocycles. The van der Waals surface area contributed by atoms with Gasteiger partial charge in [0.15, 0.2) is 0 Å². The fourth-order valence-corrected chi connectivity index (χ4v) is 3.56. The Balaban J connectivity index is 1.44. The molecule has 1 aromatic heterocycles. The lowest BCUT2D eigenvalue weighted by Crippen LogP contribution is -2.48. The van der Waals surface area contributed by atoms with E-state index in [1.165, 1.54) is 12.0 Å². The van der Waals surface area contributed by atoms with Crippen molar-refractivity contribution in [2.24, 2.45) is 7.05 Å². The van der Waals surface area contributed by atoms with Crippen LogP contribution < -0.4 is 5.32 Å². The second-order valence-corrected chi connectivity index (χ2v) is 7.20. The minimum Gasteiger partial charge on any atom is -0.322 e. The summed E-state index contributed by atoms with van der Waals surface area (Å²) < 4.78 is 1.69. The average molecular weight is 355 g/mol. The van der Waals surface area contributed by atoms with Crippen molar-refractivity contribution in [3.63, 3.8) is 0 Å². The van der Waals surface area contributed by atoms with Gasteiger partial charge in [-0.05, 0) is 38.4 Å². The molecule has 2 heterocycles. The lowest BCUT2D eigenvalue weighted by molar-refractivity contribution is -0.117. The Morgan fingerprint density at radius 2 is 2.15 bits per heavy atom. The van der Waals surface area contributed by atoms with Crippen LogP contribution in [0, 0.1) is 0 Å². The third kappa shape index (κ3) is 5.41. The van der Waals surface area contributed by atoms with Gasteiger partial charge in [0.2, 0.25) is 5.91 Å².